The zero-order valence-electron chi connectivity index (χ0n) is 23.1. The van der Waals surface area contributed by atoms with Gasteiger partial charge in [0.25, 0.3) is 0 Å². The lowest BCUT2D eigenvalue weighted by atomic mass is 9.47. The van der Waals surface area contributed by atoms with Crippen LogP contribution in [0.5, 0.6) is 0 Å². The number of nitriles is 1. The van der Waals surface area contributed by atoms with E-state index in [9.17, 15) is 5.26 Å². The van der Waals surface area contributed by atoms with E-state index in [1.54, 1.807) is 5.57 Å². The first-order valence-electron chi connectivity index (χ1n) is 14.9. The average Bonchev–Trinajstić information content (AvgIpc) is 3.20. The van der Waals surface area contributed by atoms with E-state index in [0.29, 0.717) is 16.9 Å². The Bertz CT molecular complexity index is 985. The van der Waals surface area contributed by atoms with Crippen LogP contribution in [0, 0.1) is 57.7 Å². The van der Waals surface area contributed by atoms with E-state index in [0.717, 1.165) is 41.1 Å². The molecule has 35 heavy (non-hydrogen) atoms. The van der Waals surface area contributed by atoms with Crippen molar-refractivity contribution in [2.24, 2.45) is 46.3 Å². The Hall–Kier alpha value is -1.62. The van der Waals surface area contributed by atoms with Crippen LogP contribution in [-0.4, -0.2) is 0 Å². The fourth-order valence-corrected chi connectivity index (χ4v) is 9.71. The minimum absolute atomic E-state index is 0.398. The Morgan fingerprint density at radius 3 is 2.66 bits per heavy atom. The largest absolute Gasteiger partial charge is 0.201 e. The van der Waals surface area contributed by atoms with Crippen LogP contribution in [-0.2, 0) is 0 Å². The summed E-state index contributed by atoms with van der Waals surface area (Å²) in [6, 6.07) is 6.80. The van der Waals surface area contributed by atoms with Gasteiger partial charge in [-0.05, 0) is 90.9 Å². The van der Waals surface area contributed by atoms with Gasteiger partial charge in [0.15, 0.2) is 18.4 Å². The molecule has 0 N–H and O–H groups in total. The van der Waals surface area contributed by atoms with Crippen LogP contribution < -0.4 is 4.57 Å². The van der Waals surface area contributed by atoms with Gasteiger partial charge in [-0.3, -0.25) is 0 Å². The van der Waals surface area contributed by atoms with Gasteiger partial charge in [0.05, 0.1) is 0 Å². The summed E-state index contributed by atoms with van der Waals surface area (Å²) in [4.78, 5) is 0. The Morgan fingerprint density at radius 1 is 1.06 bits per heavy atom. The van der Waals surface area contributed by atoms with Gasteiger partial charge in [0.1, 0.15) is 11.6 Å². The van der Waals surface area contributed by atoms with Gasteiger partial charge in [0, 0.05) is 18.9 Å². The molecule has 8 atom stereocenters. The summed E-state index contributed by atoms with van der Waals surface area (Å²) < 4.78 is 2.32. The maximum atomic E-state index is 9.36. The molecule has 0 unspecified atom stereocenters. The molecular formula is C33H49N2+. The molecule has 1 aromatic rings. The van der Waals surface area contributed by atoms with E-state index in [-0.39, 0.29) is 0 Å². The summed E-state index contributed by atoms with van der Waals surface area (Å²) in [7, 11) is 0. The van der Waals surface area contributed by atoms with Crippen LogP contribution in [0.1, 0.15) is 117 Å². The van der Waals surface area contributed by atoms with Crippen LogP contribution in [0.2, 0.25) is 0 Å². The van der Waals surface area contributed by atoms with Crippen LogP contribution in [0.15, 0.2) is 36.2 Å². The molecule has 1 heterocycles. The van der Waals surface area contributed by atoms with Crippen LogP contribution in [0.3, 0.4) is 0 Å². The predicted octanol–water partition coefficient (Wildman–Crippen LogP) is 8.43. The van der Waals surface area contributed by atoms with Gasteiger partial charge in [-0.15, -0.1) is 0 Å². The van der Waals surface area contributed by atoms with Gasteiger partial charge in [-0.2, -0.15) is 5.26 Å². The van der Waals surface area contributed by atoms with Gasteiger partial charge >= 0.3 is 0 Å². The molecule has 0 bridgehead atoms. The molecule has 0 aliphatic heterocycles. The molecule has 4 aliphatic rings. The highest BCUT2D eigenvalue weighted by atomic mass is 15.0. The molecule has 2 heteroatoms. The molecule has 190 valence electrons. The monoisotopic (exact) mass is 473 g/mol. The Balaban J connectivity index is 1.31. The standard InChI is InChI=1S/C33H49N2/c1-23(2)8-6-9-24(3)29-13-14-30-28-12-11-26-20-27(35-19-7-10-25(21-34)22-35)15-17-32(26,4)31(28)16-18-33(29,30)5/h7,10-11,19,22-24,27-31H,6,8-9,12-18,20H2,1-5H3/q+1/t24-,27-,28+,29-,30+,31+,32+,33-/m1/s1. The van der Waals surface area contributed by atoms with E-state index in [1.807, 2.05) is 12.1 Å². The van der Waals surface area contributed by atoms with Crippen molar-refractivity contribution in [3.63, 3.8) is 0 Å². The van der Waals surface area contributed by atoms with E-state index in [1.165, 1.54) is 70.6 Å². The number of hydrogen-bond acceptors (Lipinski definition) is 1. The van der Waals surface area contributed by atoms with E-state index < -0.39 is 0 Å². The number of hydrogen-bond donors (Lipinski definition) is 0. The van der Waals surface area contributed by atoms with Crippen molar-refractivity contribution >= 4 is 0 Å². The molecule has 3 fully saturated rings. The second kappa shape index (κ2) is 9.68. The number of aromatic nitrogens is 1. The summed E-state index contributed by atoms with van der Waals surface area (Å²) in [5.74, 6) is 5.40. The lowest BCUT2D eigenvalue weighted by Crippen LogP contribution is -2.52. The highest BCUT2D eigenvalue weighted by Crippen LogP contribution is 2.67. The second-order valence-corrected chi connectivity index (χ2v) is 13.8. The zero-order valence-corrected chi connectivity index (χ0v) is 23.1. The fourth-order valence-electron chi connectivity index (χ4n) is 9.71. The Labute approximate surface area is 215 Å². The smallest absolute Gasteiger partial charge is 0.186 e. The fraction of sp³-hybridized carbons (Fsp3) is 0.758. The lowest BCUT2D eigenvalue weighted by Gasteiger charge is -2.58. The highest BCUT2D eigenvalue weighted by Gasteiger charge is 2.59. The summed E-state index contributed by atoms with van der Waals surface area (Å²) in [6.45, 7) is 12.7. The summed E-state index contributed by atoms with van der Waals surface area (Å²) >= 11 is 0. The van der Waals surface area contributed by atoms with Crippen LogP contribution >= 0.6 is 0 Å². The van der Waals surface area contributed by atoms with Crippen molar-refractivity contribution in [3.05, 3.63) is 41.7 Å². The van der Waals surface area contributed by atoms with E-state index in [2.05, 4.69) is 63.7 Å². The molecular weight excluding hydrogens is 424 g/mol. The SMILES string of the molecule is CC(C)CCC[C@@H](C)[C@H]1CC[C@H]2[C@@H]3CC=C4C[C@H]([n+]5cccc(C#N)c5)CC[C@]4(C)[C@H]3CC[C@]12C. The van der Waals surface area contributed by atoms with Crippen molar-refractivity contribution in [1.82, 2.24) is 0 Å². The van der Waals surface area contributed by atoms with Gasteiger partial charge < -0.3 is 0 Å². The first kappa shape index (κ1) is 25.0. The maximum Gasteiger partial charge on any atom is 0.186 e. The summed E-state index contributed by atoms with van der Waals surface area (Å²) in [6.07, 6.45) is 22.1. The number of fused-ring (bicyclic) bond motifs is 5. The Kier molecular flexibility index (Phi) is 6.93. The zero-order chi connectivity index (χ0) is 24.8. The van der Waals surface area contributed by atoms with Crippen molar-refractivity contribution < 1.29 is 4.57 Å². The molecule has 5 rings (SSSR count). The third-order valence-corrected chi connectivity index (χ3v) is 11.7. The van der Waals surface area contributed by atoms with Gasteiger partial charge in [0.2, 0.25) is 0 Å². The minimum atomic E-state index is 0.398. The number of allylic oxidation sites excluding steroid dienone is 2. The third-order valence-electron chi connectivity index (χ3n) is 11.7. The van der Waals surface area contributed by atoms with Crippen molar-refractivity contribution in [3.8, 4) is 6.07 Å². The quantitative estimate of drug-likeness (QED) is 0.301. The van der Waals surface area contributed by atoms with Crippen molar-refractivity contribution in [1.29, 1.82) is 5.26 Å². The summed E-state index contributed by atoms with van der Waals surface area (Å²) in [5, 5.41) is 9.36. The number of rotatable bonds is 6. The van der Waals surface area contributed by atoms with Crippen molar-refractivity contribution in [2.75, 3.05) is 0 Å². The third kappa shape index (κ3) is 4.40. The average molecular weight is 474 g/mol. The topological polar surface area (TPSA) is 27.7 Å². The normalized spacial score (nSPS) is 39.2. The molecule has 0 spiro atoms. The molecule has 3 saturated carbocycles. The minimum Gasteiger partial charge on any atom is -0.201 e. The first-order chi connectivity index (χ1) is 16.8. The number of nitrogens with zero attached hydrogens (tertiary/aromatic N) is 2. The number of pyridine rings is 1. The molecule has 4 aliphatic carbocycles. The maximum absolute atomic E-state index is 9.36. The molecule has 0 saturated heterocycles. The van der Waals surface area contributed by atoms with Crippen molar-refractivity contribution in [2.45, 2.75) is 111 Å². The molecule has 0 aromatic carbocycles. The predicted molar refractivity (Wildman–Crippen MR) is 143 cm³/mol. The van der Waals surface area contributed by atoms with Crippen LogP contribution in [0.4, 0.5) is 0 Å². The molecule has 1 aromatic heterocycles. The van der Waals surface area contributed by atoms with Gasteiger partial charge in [-0.1, -0.05) is 65.5 Å². The van der Waals surface area contributed by atoms with Gasteiger partial charge in [-0.25, -0.2) is 4.57 Å². The molecule has 0 amide bonds. The van der Waals surface area contributed by atoms with E-state index >= 15 is 0 Å². The first-order valence-corrected chi connectivity index (χ1v) is 14.9. The molecule has 2 nitrogen and oxygen atoms in total. The molecule has 0 radical (unpaired) electrons. The summed E-state index contributed by atoms with van der Waals surface area (Å²) in [5.41, 5.74) is 3.49. The highest BCUT2D eigenvalue weighted by molar-refractivity contribution is 5.26. The lowest BCUT2D eigenvalue weighted by molar-refractivity contribution is -0.725. The van der Waals surface area contributed by atoms with E-state index in [4.69, 9.17) is 0 Å². The Morgan fingerprint density at radius 2 is 1.89 bits per heavy atom. The van der Waals surface area contributed by atoms with Crippen LogP contribution in [0.25, 0.3) is 0 Å². The second-order valence-electron chi connectivity index (χ2n) is 13.8.